The van der Waals surface area contributed by atoms with Gasteiger partial charge in [0.15, 0.2) is 0 Å². The Morgan fingerprint density at radius 3 is 2.89 bits per heavy atom. The SMILES string of the molecule is COC(=O)/C(C)=C/CN[C@@H](C)c1cccc(F)c1. The van der Waals surface area contributed by atoms with Gasteiger partial charge in [-0.15, -0.1) is 0 Å². The molecule has 1 aromatic carbocycles. The first-order valence-corrected chi connectivity index (χ1v) is 5.78. The molecule has 0 amide bonds. The van der Waals surface area contributed by atoms with Crippen molar-refractivity contribution in [1.29, 1.82) is 0 Å². The van der Waals surface area contributed by atoms with Gasteiger partial charge in [-0.1, -0.05) is 18.2 Å². The van der Waals surface area contributed by atoms with E-state index < -0.39 is 0 Å². The van der Waals surface area contributed by atoms with E-state index in [1.807, 2.05) is 13.0 Å². The van der Waals surface area contributed by atoms with Crippen LogP contribution < -0.4 is 5.32 Å². The maximum atomic E-state index is 13.0. The molecule has 0 fully saturated rings. The monoisotopic (exact) mass is 251 g/mol. The van der Waals surface area contributed by atoms with Gasteiger partial charge in [-0.2, -0.15) is 0 Å². The third kappa shape index (κ3) is 4.30. The molecule has 0 aromatic heterocycles. The molecule has 0 radical (unpaired) electrons. The summed E-state index contributed by atoms with van der Waals surface area (Å²) < 4.78 is 17.6. The van der Waals surface area contributed by atoms with Crippen LogP contribution in [0, 0.1) is 5.82 Å². The molecule has 3 nitrogen and oxygen atoms in total. The maximum Gasteiger partial charge on any atom is 0.333 e. The third-order valence-corrected chi connectivity index (χ3v) is 2.69. The molecule has 0 unspecified atom stereocenters. The number of halogens is 1. The molecule has 1 aromatic rings. The van der Waals surface area contributed by atoms with Gasteiger partial charge >= 0.3 is 5.97 Å². The van der Waals surface area contributed by atoms with Gasteiger partial charge in [0, 0.05) is 18.2 Å². The first-order chi connectivity index (χ1) is 8.54. The molecule has 4 heteroatoms. The predicted molar refractivity (Wildman–Crippen MR) is 68.6 cm³/mol. The molecule has 1 atom stereocenters. The Morgan fingerprint density at radius 1 is 1.56 bits per heavy atom. The van der Waals surface area contributed by atoms with Crippen LogP contribution in [0.5, 0.6) is 0 Å². The number of hydrogen-bond donors (Lipinski definition) is 1. The zero-order valence-corrected chi connectivity index (χ0v) is 10.9. The standard InChI is InChI=1S/C14H18FNO2/c1-10(14(17)18-3)7-8-16-11(2)12-5-4-6-13(15)9-12/h4-7,9,11,16H,8H2,1-3H3/b10-7+/t11-/m0/s1. The summed E-state index contributed by atoms with van der Waals surface area (Å²) in [4.78, 5) is 11.1. The van der Waals surface area contributed by atoms with E-state index in [0.717, 1.165) is 5.56 Å². The molecule has 0 heterocycles. The largest absolute Gasteiger partial charge is 0.466 e. The zero-order valence-electron chi connectivity index (χ0n) is 10.9. The lowest BCUT2D eigenvalue weighted by molar-refractivity contribution is -0.136. The Morgan fingerprint density at radius 2 is 2.28 bits per heavy atom. The van der Waals surface area contributed by atoms with E-state index in [4.69, 9.17) is 0 Å². The van der Waals surface area contributed by atoms with E-state index in [-0.39, 0.29) is 17.8 Å². The molecule has 0 aliphatic heterocycles. The highest BCUT2D eigenvalue weighted by atomic mass is 19.1. The molecule has 0 saturated heterocycles. The number of ether oxygens (including phenoxy) is 1. The van der Waals surface area contributed by atoms with Crippen molar-refractivity contribution in [2.75, 3.05) is 13.7 Å². The van der Waals surface area contributed by atoms with Crippen LogP contribution in [0.2, 0.25) is 0 Å². The topological polar surface area (TPSA) is 38.3 Å². The summed E-state index contributed by atoms with van der Waals surface area (Å²) in [6.45, 7) is 4.16. The summed E-state index contributed by atoms with van der Waals surface area (Å²) in [5.41, 5.74) is 1.43. The normalized spacial score (nSPS) is 13.2. The average molecular weight is 251 g/mol. The minimum Gasteiger partial charge on any atom is -0.466 e. The average Bonchev–Trinajstić information content (AvgIpc) is 2.37. The summed E-state index contributed by atoms with van der Waals surface area (Å²) in [7, 11) is 1.35. The fraction of sp³-hybridized carbons (Fsp3) is 0.357. The molecule has 98 valence electrons. The highest BCUT2D eigenvalue weighted by Crippen LogP contribution is 2.13. The zero-order chi connectivity index (χ0) is 13.5. The van der Waals surface area contributed by atoms with Crippen molar-refractivity contribution in [3.63, 3.8) is 0 Å². The number of benzene rings is 1. The van der Waals surface area contributed by atoms with Crippen LogP contribution >= 0.6 is 0 Å². The minimum absolute atomic E-state index is 0.0161. The van der Waals surface area contributed by atoms with E-state index in [0.29, 0.717) is 12.1 Å². The molecular weight excluding hydrogens is 233 g/mol. The number of hydrogen-bond acceptors (Lipinski definition) is 3. The van der Waals surface area contributed by atoms with E-state index in [9.17, 15) is 9.18 Å². The van der Waals surface area contributed by atoms with E-state index >= 15 is 0 Å². The summed E-state index contributed by atoms with van der Waals surface area (Å²) in [6, 6.07) is 6.46. The Balaban J connectivity index is 2.52. The predicted octanol–water partition coefficient (Wildman–Crippen LogP) is 2.60. The van der Waals surface area contributed by atoms with Crippen LogP contribution in [0.4, 0.5) is 4.39 Å². The van der Waals surface area contributed by atoms with Gasteiger partial charge in [0.2, 0.25) is 0 Å². The second-order valence-corrected chi connectivity index (χ2v) is 4.06. The second kappa shape index (κ2) is 6.91. The third-order valence-electron chi connectivity index (χ3n) is 2.69. The molecule has 0 spiro atoms. The van der Waals surface area contributed by atoms with Crippen molar-refractivity contribution in [3.05, 3.63) is 47.3 Å². The first kappa shape index (κ1) is 14.4. The molecule has 0 saturated carbocycles. The molecule has 18 heavy (non-hydrogen) atoms. The van der Waals surface area contributed by atoms with Crippen molar-refractivity contribution in [2.24, 2.45) is 0 Å². The molecule has 0 aliphatic rings. The van der Waals surface area contributed by atoms with Crippen LogP contribution in [-0.2, 0) is 9.53 Å². The van der Waals surface area contributed by atoms with E-state index in [1.165, 1.54) is 19.2 Å². The number of carbonyl (C=O) groups excluding carboxylic acids is 1. The van der Waals surface area contributed by atoms with Gasteiger partial charge in [-0.3, -0.25) is 0 Å². The second-order valence-electron chi connectivity index (χ2n) is 4.06. The van der Waals surface area contributed by atoms with Gasteiger partial charge in [-0.25, -0.2) is 9.18 Å². The summed E-state index contributed by atoms with van der Waals surface area (Å²) in [6.07, 6.45) is 1.75. The lowest BCUT2D eigenvalue weighted by Crippen LogP contribution is -2.19. The number of carbonyl (C=O) groups is 1. The van der Waals surface area contributed by atoms with Gasteiger partial charge in [-0.05, 0) is 31.5 Å². The lowest BCUT2D eigenvalue weighted by atomic mass is 10.1. The van der Waals surface area contributed by atoms with Crippen molar-refractivity contribution < 1.29 is 13.9 Å². The van der Waals surface area contributed by atoms with Gasteiger partial charge in [0.05, 0.1) is 7.11 Å². The minimum atomic E-state index is -0.338. The first-order valence-electron chi connectivity index (χ1n) is 5.78. The number of methoxy groups -OCH3 is 1. The van der Waals surface area contributed by atoms with Crippen molar-refractivity contribution in [2.45, 2.75) is 19.9 Å². The number of esters is 1. The van der Waals surface area contributed by atoms with Gasteiger partial charge < -0.3 is 10.1 Å². The van der Waals surface area contributed by atoms with Crippen molar-refractivity contribution >= 4 is 5.97 Å². The van der Waals surface area contributed by atoms with Crippen LogP contribution in [0.25, 0.3) is 0 Å². The number of nitrogens with one attached hydrogen (secondary N) is 1. The van der Waals surface area contributed by atoms with Crippen LogP contribution in [0.15, 0.2) is 35.9 Å². The Hall–Kier alpha value is -1.68. The Bertz CT molecular complexity index is 443. The molecule has 1 rings (SSSR count). The quantitative estimate of drug-likeness (QED) is 0.645. The highest BCUT2D eigenvalue weighted by Gasteiger charge is 2.06. The summed E-state index contributed by atoms with van der Waals surface area (Å²) in [5, 5.41) is 3.19. The fourth-order valence-corrected chi connectivity index (χ4v) is 1.53. The Labute approximate surface area is 107 Å². The van der Waals surface area contributed by atoms with Crippen molar-refractivity contribution in [3.8, 4) is 0 Å². The smallest absolute Gasteiger partial charge is 0.333 e. The van der Waals surface area contributed by atoms with E-state index in [1.54, 1.807) is 19.1 Å². The molecular formula is C14H18FNO2. The maximum absolute atomic E-state index is 13.0. The molecule has 0 aliphatic carbocycles. The van der Waals surface area contributed by atoms with Gasteiger partial charge in [0.1, 0.15) is 5.82 Å². The van der Waals surface area contributed by atoms with Crippen LogP contribution in [0.1, 0.15) is 25.5 Å². The van der Waals surface area contributed by atoms with Gasteiger partial charge in [0.25, 0.3) is 0 Å². The van der Waals surface area contributed by atoms with Crippen LogP contribution in [0.3, 0.4) is 0 Å². The van der Waals surface area contributed by atoms with E-state index in [2.05, 4.69) is 10.1 Å². The summed E-state index contributed by atoms with van der Waals surface area (Å²) in [5.74, 6) is -0.586. The highest BCUT2D eigenvalue weighted by molar-refractivity contribution is 5.87. The fourth-order valence-electron chi connectivity index (χ4n) is 1.53. The lowest BCUT2D eigenvalue weighted by Gasteiger charge is -2.13. The summed E-state index contributed by atoms with van der Waals surface area (Å²) >= 11 is 0. The Kier molecular flexibility index (Phi) is 5.52. The molecule has 0 bridgehead atoms. The number of rotatable bonds is 5. The molecule has 1 N–H and O–H groups in total. The van der Waals surface area contributed by atoms with Crippen molar-refractivity contribution in [1.82, 2.24) is 5.32 Å². The van der Waals surface area contributed by atoms with Crippen LogP contribution in [-0.4, -0.2) is 19.6 Å².